The lowest BCUT2D eigenvalue weighted by molar-refractivity contribution is -0.117. The SMILES string of the molecule is O=C(Nc1ccc2oc(-c3ccnc(C(=O)N4CCN([C@H](c5ccsc5)c5nnn(C(F)F)n5)CC4)c3)nc2c1)[C@@H]1C[C@@H]1F. The third-order valence-corrected chi connectivity index (χ3v) is 8.32. The van der Waals surface area contributed by atoms with E-state index in [2.05, 4.69) is 30.7 Å². The Labute approximate surface area is 251 Å². The van der Waals surface area contributed by atoms with E-state index in [9.17, 15) is 22.8 Å². The van der Waals surface area contributed by atoms with Gasteiger partial charge in [0.25, 0.3) is 5.91 Å². The van der Waals surface area contributed by atoms with E-state index in [1.165, 1.54) is 17.5 Å². The summed E-state index contributed by atoms with van der Waals surface area (Å²) in [6.45, 7) is -1.25. The molecule has 12 nitrogen and oxygen atoms in total. The van der Waals surface area contributed by atoms with Crippen LogP contribution in [0.15, 0.2) is 57.8 Å². The number of hydrogen-bond acceptors (Lipinski definition) is 10. The van der Waals surface area contributed by atoms with Crippen molar-refractivity contribution in [2.45, 2.75) is 25.2 Å². The number of alkyl halides is 3. The van der Waals surface area contributed by atoms with Crippen LogP contribution in [0.25, 0.3) is 22.6 Å². The van der Waals surface area contributed by atoms with Gasteiger partial charge in [-0.05, 0) is 64.4 Å². The van der Waals surface area contributed by atoms with Crippen LogP contribution in [0.5, 0.6) is 0 Å². The molecule has 1 aliphatic carbocycles. The lowest BCUT2D eigenvalue weighted by Gasteiger charge is -2.38. The number of thiophene rings is 1. The van der Waals surface area contributed by atoms with E-state index in [-0.39, 0.29) is 40.4 Å². The quantitative estimate of drug-likeness (QED) is 0.270. The number of carbonyl (C=O) groups is 2. The summed E-state index contributed by atoms with van der Waals surface area (Å²) in [6.07, 6.45) is 0.655. The molecule has 7 rings (SSSR count). The number of aromatic nitrogens is 6. The molecule has 1 aromatic carbocycles. The Kier molecular flexibility index (Phi) is 7.29. The molecule has 1 saturated heterocycles. The number of amides is 2. The molecule has 0 spiro atoms. The Morgan fingerprint density at radius 2 is 1.91 bits per heavy atom. The van der Waals surface area contributed by atoms with Crippen LogP contribution in [0.4, 0.5) is 18.9 Å². The average molecular weight is 624 g/mol. The van der Waals surface area contributed by atoms with E-state index in [1.54, 1.807) is 35.2 Å². The van der Waals surface area contributed by atoms with Crippen molar-refractivity contribution in [3.63, 3.8) is 0 Å². The van der Waals surface area contributed by atoms with Crippen molar-refractivity contribution in [1.29, 1.82) is 0 Å². The number of rotatable bonds is 8. The van der Waals surface area contributed by atoms with Gasteiger partial charge < -0.3 is 14.6 Å². The van der Waals surface area contributed by atoms with E-state index >= 15 is 0 Å². The zero-order chi connectivity index (χ0) is 30.4. The van der Waals surface area contributed by atoms with Gasteiger partial charge in [0.1, 0.15) is 23.4 Å². The van der Waals surface area contributed by atoms with Crippen molar-refractivity contribution in [3.05, 3.63) is 70.4 Å². The largest absolute Gasteiger partial charge is 0.436 e. The molecule has 5 aromatic rings. The second kappa shape index (κ2) is 11.4. The number of nitrogens with zero attached hydrogens (tertiary/aromatic N) is 8. The van der Waals surface area contributed by atoms with Crippen LogP contribution in [-0.4, -0.2) is 84.1 Å². The van der Waals surface area contributed by atoms with E-state index in [0.29, 0.717) is 48.5 Å². The summed E-state index contributed by atoms with van der Waals surface area (Å²) < 4.78 is 45.4. The van der Waals surface area contributed by atoms with Gasteiger partial charge in [0.15, 0.2) is 11.4 Å². The monoisotopic (exact) mass is 623 g/mol. The van der Waals surface area contributed by atoms with Crippen molar-refractivity contribution in [3.8, 4) is 11.5 Å². The maximum Gasteiger partial charge on any atom is 0.350 e. The van der Waals surface area contributed by atoms with Crippen molar-refractivity contribution in [1.82, 2.24) is 40.0 Å². The summed E-state index contributed by atoms with van der Waals surface area (Å²) in [7, 11) is 0. The first-order valence-corrected chi connectivity index (χ1v) is 14.7. The minimum absolute atomic E-state index is 0.169. The topological polar surface area (TPSA) is 135 Å². The van der Waals surface area contributed by atoms with Gasteiger partial charge in [0.2, 0.25) is 11.8 Å². The highest BCUT2D eigenvalue weighted by molar-refractivity contribution is 7.08. The molecule has 0 bridgehead atoms. The Morgan fingerprint density at radius 3 is 2.61 bits per heavy atom. The Bertz CT molecular complexity index is 1820. The number of oxazole rings is 1. The normalized spacial score (nSPS) is 19.4. The Balaban J connectivity index is 1.04. The number of carbonyl (C=O) groups excluding carboxylic acids is 2. The number of tetrazole rings is 1. The van der Waals surface area contributed by atoms with Gasteiger partial charge in [0, 0.05) is 43.6 Å². The molecule has 0 radical (unpaired) electrons. The first-order chi connectivity index (χ1) is 21.3. The van der Waals surface area contributed by atoms with Crippen LogP contribution >= 0.6 is 11.3 Å². The smallest absolute Gasteiger partial charge is 0.350 e. The summed E-state index contributed by atoms with van der Waals surface area (Å²) in [5.74, 6) is -0.797. The molecule has 226 valence electrons. The van der Waals surface area contributed by atoms with E-state index in [0.717, 1.165) is 5.56 Å². The summed E-state index contributed by atoms with van der Waals surface area (Å²) >= 11 is 1.48. The molecule has 5 heterocycles. The minimum Gasteiger partial charge on any atom is -0.436 e. The highest BCUT2D eigenvalue weighted by Crippen LogP contribution is 2.35. The van der Waals surface area contributed by atoms with Gasteiger partial charge in [-0.25, -0.2) is 9.37 Å². The second-order valence-electron chi connectivity index (χ2n) is 10.5. The number of fused-ring (bicyclic) bond motifs is 1. The lowest BCUT2D eigenvalue weighted by Crippen LogP contribution is -2.50. The Morgan fingerprint density at radius 1 is 1.09 bits per heavy atom. The fourth-order valence-corrected chi connectivity index (χ4v) is 5.89. The van der Waals surface area contributed by atoms with Crippen molar-refractivity contribution < 1.29 is 27.2 Å². The fraction of sp³-hybridized carbons (Fsp3) is 0.321. The van der Waals surface area contributed by atoms with Gasteiger partial charge in [-0.15, -0.1) is 10.2 Å². The summed E-state index contributed by atoms with van der Waals surface area (Å²) in [5, 5.41) is 17.8. The van der Waals surface area contributed by atoms with Gasteiger partial charge in [-0.3, -0.25) is 19.5 Å². The van der Waals surface area contributed by atoms with Crippen LogP contribution < -0.4 is 5.32 Å². The van der Waals surface area contributed by atoms with Crippen molar-refractivity contribution in [2.75, 3.05) is 31.5 Å². The fourth-order valence-electron chi connectivity index (χ4n) is 5.21. The third kappa shape index (κ3) is 5.53. The minimum atomic E-state index is -2.89. The molecule has 0 unspecified atom stereocenters. The number of pyridine rings is 1. The predicted molar refractivity (Wildman–Crippen MR) is 152 cm³/mol. The predicted octanol–water partition coefficient (Wildman–Crippen LogP) is 4.18. The van der Waals surface area contributed by atoms with E-state index in [4.69, 9.17) is 4.42 Å². The highest BCUT2D eigenvalue weighted by atomic mass is 32.1. The maximum absolute atomic E-state index is 13.4. The standard InChI is InChI=1S/C28H24F3N9O3S/c29-19-13-18(19)25(41)33-17-1-2-22-20(12-17)34-26(43-22)15-3-5-32-21(11-15)27(42)39-8-6-38(7-9-39)23(16-4-10-44-14-16)24-35-37-40(36-24)28(30)31/h1-5,10-12,14,18-19,23,28H,6-9,13H2,(H,33,41)/t18-,19+,23-/m1/s1. The molecule has 1 aliphatic heterocycles. The van der Waals surface area contributed by atoms with Crippen molar-refractivity contribution >= 4 is 39.9 Å². The molecular weight excluding hydrogens is 599 g/mol. The van der Waals surface area contributed by atoms with Gasteiger partial charge in [-0.1, -0.05) is 4.80 Å². The number of benzene rings is 1. The molecular formula is C28H24F3N9O3S. The zero-order valence-corrected chi connectivity index (χ0v) is 23.7. The summed E-state index contributed by atoms with van der Waals surface area (Å²) in [4.78, 5) is 38.4. The molecule has 16 heteroatoms. The summed E-state index contributed by atoms with van der Waals surface area (Å²) in [5.41, 5.74) is 3.09. The lowest BCUT2D eigenvalue weighted by atomic mass is 10.1. The number of hydrogen-bond donors (Lipinski definition) is 1. The van der Waals surface area contributed by atoms with Crippen LogP contribution in [0.1, 0.15) is 40.9 Å². The Hall–Kier alpha value is -4.70. The van der Waals surface area contributed by atoms with E-state index in [1.807, 2.05) is 21.7 Å². The van der Waals surface area contributed by atoms with Crippen LogP contribution in [0, 0.1) is 5.92 Å². The zero-order valence-electron chi connectivity index (χ0n) is 22.9. The van der Waals surface area contributed by atoms with Gasteiger partial charge >= 0.3 is 6.55 Å². The van der Waals surface area contributed by atoms with Crippen LogP contribution in [0.2, 0.25) is 0 Å². The first kappa shape index (κ1) is 28.1. The van der Waals surface area contributed by atoms with Crippen LogP contribution in [0.3, 0.4) is 0 Å². The molecule has 2 aliphatic rings. The number of piperazine rings is 1. The summed E-state index contributed by atoms with van der Waals surface area (Å²) in [6, 6.07) is 9.68. The molecule has 4 aromatic heterocycles. The molecule has 2 amide bonds. The van der Waals surface area contributed by atoms with Crippen molar-refractivity contribution in [2.24, 2.45) is 5.92 Å². The van der Waals surface area contributed by atoms with Crippen LogP contribution in [-0.2, 0) is 4.79 Å². The molecule has 44 heavy (non-hydrogen) atoms. The number of anilines is 1. The van der Waals surface area contributed by atoms with Gasteiger partial charge in [-0.2, -0.15) is 20.1 Å². The molecule has 3 atom stereocenters. The molecule has 2 fully saturated rings. The molecule has 1 saturated carbocycles. The number of halogens is 3. The highest BCUT2D eigenvalue weighted by Gasteiger charge is 2.43. The molecule has 1 N–H and O–H groups in total. The third-order valence-electron chi connectivity index (χ3n) is 7.62. The first-order valence-electron chi connectivity index (χ1n) is 13.8. The number of nitrogens with one attached hydrogen (secondary N) is 1. The maximum atomic E-state index is 13.4. The van der Waals surface area contributed by atoms with Gasteiger partial charge in [0.05, 0.1) is 5.92 Å². The second-order valence-corrected chi connectivity index (χ2v) is 11.3. The average Bonchev–Trinajstić information content (AvgIpc) is 3.48. The van der Waals surface area contributed by atoms with E-state index < -0.39 is 24.7 Å².